The molecular formula is C22H23ClN4O2S. The van der Waals surface area contributed by atoms with Gasteiger partial charge in [0.2, 0.25) is 5.91 Å². The Morgan fingerprint density at radius 3 is 2.50 bits per heavy atom. The second-order valence-corrected chi connectivity index (χ2v) is 8.35. The van der Waals surface area contributed by atoms with E-state index in [1.54, 1.807) is 24.3 Å². The number of aromatic nitrogens is 1. The van der Waals surface area contributed by atoms with Gasteiger partial charge in [0.05, 0.1) is 5.69 Å². The van der Waals surface area contributed by atoms with Gasteiger partial charge in [0, 0.05) is 28.2 Å². The molecule has 3 rings (SSSR count). The summed E-state index contributed by atoms with van der Waals surface area (Å²) in [6.45, 7) is 4.26. The number of benzene rings is 2. The number of amides is 3. The fourth-order valence-corrected chi connectivity index (χ4v) is 3.65. The zero-order chi connectivity index (χ0) is 21.5. The molecule has 0 aliphatic rings. The van der Waals surface area contributed by atoms with Crippen molar-refractivity contribution in [2.45, 2.75) is 32.6 Å². The summed E-state index contributed by atoms with van der Waals surface area (Å²) in [7, 11) is 0. The second-order valence-electron chi connectivity index (χ2n) is 7.06. The third-order valence-electron chi connectivity index (χ3n) is 4.32. The Kier molecular flexibility index (Phi) is 7.43. The molecule has 0 saturated heterocycles. The highest BCUT2D eigenvalue weighted by molar-refractivity contribution is 7.13. The predicted molar refractivity (Wildman–Crippen MR) is 124 cm³/mol. The van der Waals surface area contributed by atoms with Gasteiger partial charge in [0.1, 0.15) is 0 Å². The lowest BCUT2D eigenvalue weighted by Gasteiger charge is -2.08. The molecule has 1 aromatic heterocycles. The molecule has 0 aliphatic heterocycles. The first-order valence-corrected chi connectivity index (χ1v) is 10.8. The van der Waals surface area contributed by atoms with Crippen molar-refractivity contribution in [1.82, 2.24) is 4.98 Å². The lowest BCUT2D eigenvalue weighted by molar-refractivity contribution is -0.116. The van der Waals surface area contributed by atoms with Gasteiger partial charge >= 0.3 is 6.03 Å². The Bertz CT molecular complexity index is 1020. The number of carbonyl (C=O) groups excluding carboxylic acids is 2. The number of hydrogen-bond acceptors (Lipinski definition) is 4. The van der Waals surface area contributed by atoms with E-state index in [2.05, 4.69) is 34.8 Å². The van der Waals surface area contributed by atoms with Gasteiger partial charge in [0.25, 0.3) is 0 Å². The quantitative estimate of drug-likeness (QED) is 0.411. The maximum atomic E-state index is 12.2. The number of halogens is 1. The molecule has 0 unspecified atom stereocenters. The van der Waals surface area contributed by atoms with Crippen molar-refractivity contribution in [3.8, 4) is 0 Å². The van der Waals surface area contributed by atoms with E-state index < -0.39 is 6.03 Å². The van der Waals surface area contributed by atoms with Crippen molar-refractivity contribution in [3.63, 3.8) is 0 Å². The third-order valence-corrected chi connectivity index (χ3v) is 5.37. The summed E-state index contributed by atoms with van der Waals surface area (Å²) in [4.78, 5) is 28.6. The largest absolute Gasteiger partial charge is 0.326 e. The highest BCUT2D eigenvalue weighted by Gasteiger charge is 2.09. The van der Waals surface area contributed by atoms with Crippen molar-refractivity contribution < 1.29 is 9.59 Å². The number of rotatable bonds is 7. The molecule has 0 atom stereocenters. The third kappa shape index (κ3) is 6.57. The summed E-state index contributed by atoms with van der Waals surface area (Å²) in [6, 6.07) is 14.4. The standard InChI is InChI=1S/C22H23ClN4O2S/c1-14(2)15-6-8-17(9-7-15)24-20(28)11-10-19-13-30-22(26-19)27-21(29)25-18-5-3-4-16(23)12-18/h3-9,12-14H,10-11H2,1-2H3,(H,24,28)(H2,25,26,27,29). The first-order chi connectivity index (χ1) is 14.4. The monoisotopic (exact) mass is 442 g/mol. The van der Waals surface area contributed by atoms with Crippen molar-refractivity contribution in [3.05, 3.63) is 70.2 Å². The predicted octanol–water partition coefficient (Wildman–Crippen LogP) is 6.14. The Hall–Kier alpha value is -2.90. The normalized spacial score (nSPS) is 10.7. The summed E-state index contributed by atoms with van der Waals surface area (Å²) in [5, 5.41) is 11.1. The van der Waals surface area contributed by atoms with Crippen molar-refractivity contribution in [2.75, 3.05) is 16.0 Å². The summed E-state index contributed by atoms with van der Waals surface area (Å²) < 4.78 is 0. The fraction of sp³-hybridized carbons (Fsp3) is 0.227. The minimum atomic E-state index is -0.402. The molecule has 1 heterocycles. The zero-order valence-corrected chi connectivity index (χ0v) is 18.3. The maximum absolute atomic E-state index is 12.2. The first kappa shape index (κ1) is 21.8. The molecule has 0 fully saturated rings. The highest BCUT2D eigenvalue weighted by atomic mass is 35.5. The van der Waals surface area contributed by atoms with Crippen LogP contribution in [0.25, 0.3) is 0 Å². The van der Waals surface area contributed by atoms with E-state index in [9.17, 15) is 9.59 Å². The maximum Gasteiger partial charge on any atom is 0.325 e. The van der Waals surface area contributed by atoms with Crippen LogP contribution < -0.4 is 16.0 Å². The van der Waals surface area contributed by atoms with Crippen LogP contribution in [0.1, 0.15) is 37.4 Å². The van der Waals surface area contributed by atoms with E-state index >= 15 is 0 Å². The number of urea groups is 1. The second kappa shape index (κ2) is 10.2. The van der Waals surface area contributed by atoms with Crippen LogP contribution in [0.2, 0.25) is 5.02 Å². The molecule has 8 heteroatoms. The SMILES string of the molecule is CC(C)c1ccc(NC(=O)CCc2csc(NC(=O)Nc3cccc(Cl)c3)n2)cc1. The molecule has 3 N–H and O–H groups in total. The number of carbonyl (C=O) groups is 2. The minimum absolute atomic E-state index is 0.0755. The van der Waals surface area contributed by atoms with Gasteiger partial charge < -0.3 is 10.6 Å². The number of nitrogens with one attached hydrogen (secondary N) is 3. The average molecular weight is 443 g/mol. The van der Waals surface area contributed by atoms with Crippen LogP contribution in [0.3, 0.4) is 0 Å². The molecule has 30 heavy (non-hydrogen) atoms. The van der Waals surface area contributed by atoms with Gasteiger partial charge in [-0.15, -0.1) is 11.3 Å². The van der Waals surface area contributed by atoms with E-state index in [4.69, 9.17) is 11.6 Å². The fourth-order valence-electron chi connectivity index (χ4n) is 2.72. The van der Waals surface area contributed by atoms with Gasteiger partial charge in [-0.1, -0.05) is 43.6 Å². The smallest absolute Gasteiger partial charge is 0.325 e. The number of thiazole rings is 1. The number of aryl methyl sites for hydroxylation is 1. The van der Waals surface area contributed by atoms with Crippen molar-refractivity contribution in [2.24, 2.45) is 0 Å². The molecule has 0 aliphatic carbocycles. The van der Waals surface area contributed by atoms with E-state index in [1.165, 1.54) is 16.9 Å². The van der Waals surface area contributed by atoms with Gasteiger partial charge in [-0.2, -0.15) is 0 Å². The summed E-state index contributed by atoms with van der Waals surface area (Å²) >= 11 is 7.22. The van der Waals surface area contributed by atoms with Gasteiger partial charge in [-0.25, -0.2) is 9.78 Å². The minimum Gasteiger partial charge on any atom is -0.326 e. The zero-order valence-electron chi connectivity index (χ0n) is 16.7. The molecule has 0 bridgehead atoms. The van der Waals surface area contributed by atoms with Crippen LogP contribution in [0.15, 0.2) is 53.9 Å². The van der Waals surface area contributed by atoms with Crippen LogP contribution >= 0.6 is 22.9 Å². The molecule has 0 saturated carbocycles. The van der Waals surface area contributed by atoms with E-state index in [-0.39, 0.29) is 5.91 Å². The number of anilines is 3. The summed E-state index contributed by atoms with van der Waals surface area (Å²) in [5.41, 5.74) is 3.36. The molecule has 3 aromatic rings. The summed E-state index contributed by atoms with van der Waals surface area (Å²) in [5.74, 6) is 0.378. The highest BCUT2D eigenvalue weighted by Crippen LogP contribution is 2.20. The van der Waals surface area contributed by atoms with Crippen molar-refractivity contribution >= 4 is 51.4 Å². The Morgan fingerprint density at radius 1 is 1.03 bits per heavy atom. The van der Waals surface area contributed by atoms with Crippen LogP contribution in [-0.4, -0.2) is 16.9 Å². The van der Waals surface area contributed by atoms with Crippen LogP contribution in [0.4, 0.5) is 21.3 Å². The molecule has 2 aromatic carbocycles. The topological polar surface area (TPSA) is 83.1 Å². The van der Waals surface area contributed by atoms with Gasteiger partial charge in [-0.05, 0) is 48.2 Å². The number of hydrogen-bond donors (Lipinski definition) is 3. The van der Waals surface area contributed by atoms with Crippen LogP contribution in [-0.2, 0) is 11.2 Å². The molecule has 0 radical (unpaired) electrons. The molecule has 0 spiro atoms. The average Bonchev–Trinajstić information content (AvgIpc) is 3.14. The van der Waals surface area contributed by atoms with E-state index in [0.29, 0.717) is 34.6 Å². The molecule has 3 amide bonds. The Morgan fingerprint density at radius 2 is 1.80 bits per heavy atom. The van der Waals surface area contributed by atoms with E-state index in [0.717, 1.165) is 11.4 Å². The van der Waals surface area contributed by atoms with Gasteiger partial charge in [-0.3, -0.25) is 10.1 Å². The van der Waals surface area contributed by atoms with Gasteiger partial charge in [0.15, 0.2) is 5.13 Å². The molecule has 156 valence electrons. The summed E-state index contributed by atoms with van der Waals surface area (Å²) in [6.07, 6.45) is 0.799. The Balaban J connectivity index is 1.45. The lowest BCUT2D eigenvalue weighted by Crippen LogP contribution is -2.19. The van der Waals surface area contributed by atoms with Crippen LogP contribution in [0.5, 0.6) is 0 Å². The van der Waals surface area contributed by atoms with Crippen molar-refractivity contribution in [1.29, 1.82) is 0 Å². The Labute approximate surface area is 184 Å². The molecular weight excluding hydrogens is 420 g/mol. The number of nitrogens with zero attached hydrogens (tertiary/aromatic N) is 1. The first-order valence-electron chi connectivity index (χ1n) is 9.57. The molecule has 6 nitrogen and oxygen atoms in total. The lowest BCUT2D eigenvalue weighted by atomic mass is 10.0. The van der Waals surface area contributed by atoms with E-state index in [1.807, 2.05) is 29.6 Å². The van der Waals surface area contributed by atoms with Crippen LogP contribution in [0, 0.1) is 0 Å².